The lowest BCUT2D eigenvalue weighted by Gasteiger charge is -2.28. The van der Waals surface area contributed by atoms with E-state index in [1.54, 1.807) is 0 Å². The molecule has 0 radical (unpaired) electrons. The monoisotopic (exact) mass is 391 g/mol. The molecule has 2 aromatic carbocycles. The van der Waals surface area contributed by atoms with Crippen LogP contribution in [0.3, 0.4) is 0 Å². The predicted octanol–water partition coefficient (Wildman–Crippen LogP) is 6.34. The lowest BCUT2D eigenvalue weighted by Crippen LogP contribution is -2.32. The first-order valence-electron chi connectivity index (χ1n) is 10.9. The summed E-state index contributed by atoms with van der Waals surface area (Å²) in [4.78, 5) is 25.8. The molecule has 1 amide bonds. The van der Waals surface area contributed by atoms with Gasteiger partial charge in [0.15, 0.2) is 0 Å². The lowest BCUT2D eigenvalue weighted by atomic mass is 9.74. The van der Waals surface area contributed by atoms with Gasteiger partial charge in [-0.1, -0.05) is 76.2 Å². The summed E-state index contributed by atoms with van der Waals surface area (Å²) in [6.45, 7) is 8.60. The van der Waals surface area contributed by atoms with Crippen LogP contribution in [0.5, 0.6) is 0 Å². The van der Waals surface area contributed by atoms with Gasteiger partial charge >= 0.3 is 0 Å². The van der Waals surface area contributed by atoms with Gasteiger partial charge in [0.05, 0.1) is 5.41 Å². The molecule has 1 saturated carbocycles. The third-order valence-electron chi connectivity index (χ3n) is 6.28. The highest BCUT2D eigenvalue weighted by atomic mass is 16.1. The molecule has 2 aromatic rings. The van der Waals surface area contributed by atoms with Crippen LogP contribution in [0, 0.1) is 0 Å². The molecule has 154 valence electrons. The van der Waals surface area contributed by atoms with Crippen LogP contribution < -0.4 is 5.32 Å². The van der Waals surface area contributed by atoms with Gasteiger partial charge in [0, 0.05) is 18.5 Å². The van der Waals surface area contributed by atoms with Crippen molar-refractivity contribution in [2.24, 2.45) is 0 Å². The Labute approximate surface area is 174 Å². The molecule has 3 heteroatoms. The van der Waals surface area contributed by atoms with E-state index in [1.165, 1.54) is 11.1 Å². The molecular formula is C26H33NO2. The molecule has 29 heavy (non-hydrogen) atoms. The van der Waals surface area contributed by atoms with E-state index >= 15 is 0 Å². The van der Waals surface area contributed by atoms with Crippen LogP contribution in [0.15, 0.2) is 48.5 Å². The van der Waals surface area contributed by atoms with Crippen molar-refractivity contribution in [3.8, 4) is 0 Å². The summed E-state index contributed by atoms with van der Waals surface area (Å²) in [5, 5.41) is 3.20. The van der Waals surface area contributed by atoms with Crippen molar-refractivity contribution in [1.82, 2.24) is 0 Å². The smallest absolute Gasteiger partial charge is 0.224 e. The number of hydrogen-bond donors (Lipinski definition) is 1. The van der Waals surface area contributed by atoms with E-state index in [4.69, 9.17) is 0 Å². The number of benzene rings is 2. The Bertz CT molecular complexity index is 843. The van der Waals surface area contributed by atoms with Gasteiger partial charge in [0.2, 0.25) is 5.91 Å². The highest BCUT2D eigenvalue weighted by Gasteiger charge is 2.43. The minimum atomic E-state index is -0.503. The average molecular weight is 392 g/mol. The van der Waals surface area contributed by atoms with E-state index in [0.717, 1.165) is 24.1 Å². The van der Waals surface area contributed by atoms with E-state index in [9.17, 15) is 9.59 Å². The largest absolute Gasteiger partial charge is 0.326 e. The molecule has 1 fully saturated rings. The highest BCUT2D eigenvalue weighted by Crippen LogP contribution is 2.42. The minimum Gasteiger partial charge on any atom is -0.326 e. The highest BCUT2D eigenvalue weighted by molar-refractivity contribution is 5.95. The van der Waals surface area contributed by atoms with Crippen molar-refractivity contribution in [3.05, 3.63) is 65.2 Å². The van der Waals surface area contributed by atoms with Gasteiger partial charge in [-0.3, -0.25) is 9.59 Å². The van der Waals surface area contributed by atoms with Crippen molar-refractivity contribution in [2.45, 2.75) is 77.0 Å². The second-order valence-corrected chi connectivity index (χ2v) is 8.89. The zero-order valence-electron chi connectivity index (χ0n) is 18.1. The molecule has 1 N–H and O–H groups in total. The maximum absolute atomic E-state index is 13.0. The molecule has 0 spiro atoms. The normalized spacial score (nSPS) is 19.2. The van der Waals surface area contributed by atoms with Crippen molar-refractivity contribution >= 4 is 17.4 Å². The molecule has 0 saturated heterocycles. The topological polar surface area (TPSA) is 46.2 Å². The molecule has 0 bridgehead atoms. The third kappa shape index (κ3) is 4.44. The zero-order chi connectivity index (χ0) is 21.0. The van der Waals surface area contributed by atoms with Gasteiger partial charge < -0.3 is 5.32 Å². The number of rotatable bonds is 7. The maximum atomic E-state index is 13.0. The number of ketones is 1. The Kier molecular flexibility index (Phi) is 6.56. The lowest BCUT2D eigenvalue weighted by molar-refractivity contribution is -0.123. The summed E-state index contributed by atoms with van der Waals surface area (Å²) in [6.07, 6.45) is 3.28. The molecule has 3 rings (SSSR count). The molecule has 0 aliphatic heterocycles. The Hall–Kier alpha value is -2.42. The molecule has 1 atom stereocenters. The minimum absolute atomic E-state index is 0.00462. The Morgan fingerprint density at radius 2 is 1.59 bits per heavy atom. The van der Waals surface area contributed by atoms with Gasteiger partial charge in [-0.2, -0.15) is 0 Å². The number of hydrogen-bond acceptors (Lipinski definition) is 2. The van der Waals surface area contributed by atoms with Crippen LogP contribution in [0.4, 0.5) is 5.69 Å². The first kappa shape index (κ1) is 21.3. The van der Waals surface area contributed by atoms with Crippen LogP contribution >= 0.6 is 0 Å². The number of Topliss-reactive ketones (excluding diaryl/α,β-unsaturated/α-hetero) is 1. The molecule has 1 unspecified atom stereocenters. The fourth-order valence-electron chi connectivity index (χ4n) is 4.62. The summed E-state index contributed by atoms with van der Waals surface area (Å²) < 4.78 is 0. The zero-order valence-corrected chi connectivity index (χ0v) is 18.1. The molecule has 3 nitrogen and oxygen atoms in total. The second-order valence-electron chi connectivity index (χ2n) is 8.89. The van der Waals surface area contributed by atoms with E-state index in [0.29, 0.717) is 31.1 Å². The molecular weight excluding hydrogens is 358 g/mol. The number of carbonyl (C=O) groups excluding carboxylic acids is 2. The molecule has 0 heterocycles. The molecule has 0 aromatic heterocycles. The number of amides is 1. The van der Waals surface area contributed by atoms with Gasteiger partial charge in [-0.15, -0.1) is 0 Å². The summed E-state index contributed by atoms with van der Waals surface area (Å²) >= 11 is 0. The fourth-order valence-corrected chi connectivity index (χ4v) is 4.62. The number of anilines is 1. The maximum Gasteiger partial charge on any atom is 0.224 e. The van der Waals surface area contributed by atoms with E-state index < -0.39 is 5.41 Å². The summed E-state index contributed by atoms with van der Waals surface area (Å²) in [6, 6.07) is 16.3. The molecule has 1 aliphatic carbocycles. The standard InChI is InChI=1S/C26H33NO2/c1-18(2)21-12-8-13-22(19(3)4)25(21)27-24(29)15-17-26(16-9-14-23(26)28)20-10-6-5-7-11-20/h5-8,10-13,18-19H,9,14-17H2,1-4H3,(H,27,29). The van der Waals surface area contributed by atoms with Crippen molar-refractivity contribution in [2.75, 3.05) is 5.32 Å². The summed E-state index contributed by atoms with van der Waals surface area (Å²) in [5.41, 5.74) is 3.84. The predicted molar refractivity (Wildman–Crippen MR) is 119 cm³/mol. The fraction of sp³-hybridized carbons (Fsp3) is 0.462. The van der Waals surface area contributed by atoms with Gasteiger partial charge in [-0.05, 0) is 47.8 Å². The second kappa shape index (κ2) is 8.94. The van der Waals surface area contributed by atoms with Crippen LogP contribution in [-0.2, 0) is 15.0 Å². The van der Waals surface area contributed by atoms with E-state index in [2.05, 4.69) is 51.2 Å². The summed E-state index contributed by atoms with van der Waals surface area (Å²) in [5.74, 6) is 0.934. The average Bonchev–Trinajstić information content (AvgIpc) is 3.08. The first-order chi connectivity index (χ1) is 13.8. The van der Waals surface area contributed by atoms with Crippen LogP contribution in [0.1, 0.15) is 88.3 Å². The van der Waals surface area contributed by atoms with Crippen LogP contribution in [0.25, 0.3) is 0 Å². The van der Waals surface area contributed by atoms with Gasteiger partial charge in [0.1, 0.15) is 5.78 Å². The van der Waals surface area contributed by atoms with Crippen molar-refractivity contribution < 1.29 is 9.59 Å². The Morgan fingerprint density at radius 3 is 2.10 bits per heavy atom. The Morgan fingerprint density at radius 1 is 0.966 bits per heavy atom. The van der Waals surface area contributed by atoms with E-state index in [-0.39, 0.29) is 11.7 Å². The number of nitrogens with one attached hydrogen (secondary N) is 1. The summed E-state index contributed by atoms with van der Waals surface area (Å²) in [7, 11) is 0. The van der Waals surface area contributed by atoms with Gasteiger partial charge in [0.25, 0.3) is 0 Å². The Balaban J connectivity index is 1.80. The van der Waals surface area contributed by atoms with Crippen molar-refractivity contribution in [3.63, 3.8) is 0 Å². The quantitative estimate of drug-likeness (QED) is 0.598. The third-order valence-corrected chi connectivity index (χ3v) is 6.28. The van der Waals surface area contributed by atoms with Crippen LogP contribution in [-0.4, -0.2) is 11.7 Å². The first-order valence-corrected chi connectivity index (χ1v) is 10.9. The van der Waals surface area contributed by atoms with Crippen LogP contribution in [0.2, 0.25) is 0 Å². The van der Waals surface area contributed by atoms with Gasteiger partial charge in [-0.25, -0.2) is 0 Å². The van der Waals surface area contributed by atoms with E-state index in [1.807, 2.05) is 30.3 Å². The molecule has 1 aliphatic rings. The SMILES string of the molecule is CC(C)c1cccc(C(C)C)c1NC(=O)CCC1(c2ccccc2)CCCC1=O. The number of carbonyl (C=O) groups is 2. The number of para-hydroxylation sites is 1. The van der Waals surface area contributed by atoms with Crippen molar-refractivity contribution in [1.29, 1.82) is 0 Å².